The molecule has 0 aliphatic heterocycles. The largest absolute Gasteiger partial charge is 0.280 e. The zero-order chi connectivity index (χ0) is 18.9. The van der Waals surface area contributed by atoms with Crippen LogP contribution in [0.2, 0.25) is 0 Å². The summed E-state index contributed by atoms with van der Waals surface area (Å²) in [6, 6.07) is 10.6. The van der Waals surface area contributed by atoms with Gasteiger partial charge in [0.05, 0.1) is 20.5 Å². The number of nitro groups is 1. The van der Waals surface area contributed by atoms with Crippen LogP contribution in [0.5, 0.6) is 0 Å². The lowest BCUT2D eigenvalue weighted by molar-refractivity contribution is -0.385. The van der Waals surface area contributed by atoms with E-state index in [-0.39, 0.29) is 10.6 Å². The van der Waals surface area contributed by atoms with E-state index in [9.17, 15) is 18.5 Å². The molecule has 1 N–H and O–H groups in total. The molecular weight excluding hydrogens is 374 g/mol. The molecule has 2 aromatic carbocycles. The molecule has 0 amide bonds. The van der Waals surface area contributed by atoms with Crippen molar-refractivity contribution >= 4 is 32.7 Å². The molecule has 1 aromatic heterocycles. The first-order valence-electron chi connectivity index (χ1n) is 7.57. The van der Waals surface area contributed by atoms with Gasteiger partial charge < -0.3 is 0 Å². The number of benzene rings is 2. The second-order valence-corrected chi connectivity index (χ2v) is 8.35. The number of nitro benzene ring substituents is 1. The van der Waals surface area contributed by atoms with E-state index in [2.05, 4.69) is 9.71 Å². The Bertz CT molecular complexity index is 1070. The van der Waals surface area contributed by atoms with Crippen LogP contribution in [0.25, 0.3) is 11.3 Å². The van der Waals surface area contributed by atoms with Gasteiger partial charge in [-0.05, 0) is 31.5 Å². The van der Waals surface area contributed by atoms with Gasteiger partial charge in [-0.15, -0.1) is 11.3 Å². The van der Waals surface area contributed by atoms with Crippen LogP contribution in [0.3, 0.4) is 0 Å². The molecule has 0 spiro atoms. The van der Waals surface area contributed by atoms with Gasteiger partial charge >= 0.3 is 0 Å². The normalized spacial score (nSPS) is 11.3. The molecule has 0 bridgehead atoms. The van der Waals surface area contributed by atoms with Gasteiger partial charge in [0.15, 0.2) is 0 Å². The van der Waals surface area contributed by atoms with Crippen molar-refractivity contribution in [1.82, 2.24) is 4.98 Å². The number of anilines is 1. The summed E-state index contributed by atoms with van der Waals surface area (Å²) in [5, 5.41) is 13.8. The molecule has 0 radical (unpaired) electrons. The number of hydrogen-bond donors (Lipinski definition) is 1. The molecule has 26 heavy (non-hydrogen) atoms. The average Bonchev–Trinajstić information content (AvgIpc) is 3.01. The fourth-order valence-corrected chi connectivity index (χ4v) is 4.35. The zero-order valence-electron chi connectivity index (χ0n) is 14.0. The highest BCUT2D eigenvalue weighted by atomic mass is 32.2. The second-order valence-electron chi connectivity index (χ2n) is 5.64. The molecule has 0 fully saturated rings. The summed E-state index contributed by atoms with van der Waals surface area (Å²) >= 11 is 1.54. The molecule has 0 aliphatic carbocycles. The number of aryl methyl sites for hydroxylation is 2. The van der Waals surface area contributed by atoms with Gasteiger partial charge in [0.25, 0.3) is 15.7 Å². The van der Waals surface area contributed by atoms with Crippen LogP contribution in [0.15, 0.2) is 52.7 Å². The second kappa shape index (κ2) is 6.85. The minimum Gasteiger partial charge on any atom is -0.280 e. The molecule has 0 atom stereocenters. The van der Waals surface area contributed by atoms with E-state index >= 15 is 0 Å². The monoisotopic (exact) mass is 389 g/mol. The fraction of sp³-hybridized carbons (Fsp3) is 0.118. The van der Waals surface area contributed by atoms with E-state index in [1.165, 1.54) is 23.5 Å². The van der Waals surface area contributed by atoms with Crippen molar-refractivity contribution in [1.29, 1.82) is 0 Å². The van der Waals surface area contributed by atoms with Crippen LogP contribution >= 0.6 is 11.3 Å². The molecular formula is C17H15N3O4S2. The lowest BCUT2D eigenvalue weighted by atomic mass is 10.1. The van der Waals surface area contributed by atoms with Crippen molar-refractivity contribution in [3.63, 3.8) is 0 Å². The molecule has 134 valence electrons. The summed E-state index contributed by atoms with van der Waals surface area (Å²) in [5.74, 6) is 0. The standard InChI is InChI=1S/C17H15N3O4S2/c1-11-3-8-15(20(21)22)9-17(11)26(23,24)19-14-6-4-13(5-7-14)16-10-25-12(2)18-16/h3-10,19H,1-2H3. The van der Waals surface area contributed by atoms with Crippen LogP contribution in [0, 0.1) is 24.0 Å². The Kier molecular flexibility index (Phi) is 4.75. The Hall–Kier alpha value is -2.78. The summed E-state index contributed by atoms with van der Waals surface area (Å²) < 4.78 is 27.7. The maximum absolute atomic E-state index is 12.6. The van der Waals surface area contributed by atoms with E-state index in [0.717, 1.165) is 22.3 Å². The van der Waals surface area contributed by atoms with Crippen molar-refractivity contribution < 1.29 is 13.3 Å². The third-order valence-corrected chi connectivity index (χ3v) is 6.02. The Labute approximate surface area is 154 Å². The van der Waals surface area contributed by atoms with E-state index in [4.69, 9.17) is 0 Å². The van der Waals surface area contributed by atoms with Crippen molar-refractivity contribution in [3.8, 4) is 11.3 Å². The molecule has 1 heterocycles. The van der Waals surface area contributed by atoms with Gasteiger partial charge in [-0.25, -0.2) is 13.4 Å². The van der Waals surface area contributed by atoms with Crippen LogP contribution in [0.1, 0.15) is 10.6 Å². The molecule has 9 heteroatoms. The molecule has 3 rings (SSSR count). The lowest BCUT2D eigenvalue weighted by Crippen LogP contribution is -2.14. The van der Waals surface area contributed by atoms with Gasteiger partial charge in [-0.1, -0.05) is 18.2 Å². The molecule has 0 saturated carbocycles. The van der Waals surface area contributed by atoms with Gasteiger partial charge in [0.2, 0.25) is 0 Å². The Morgan fingerprint density at radius 2 is 1.81 bits per heavy atom. The summed E-state index contributed by atoms with van der Waals surface area (Å²) in [6.07, 6.45) is 0. The summed E-state index contributed by atoms with van der Waals surface area (Å²) in [6.45, 7) is 3.50. The number of sulfonamides is 1. The number of rotatable bonds is 5. The topological polar surface area (TPSA) is 102 Å². The third kappa shape index (κ3) is 3.73. The van der Waals surface area contributed by atoms with E-state index < -0.39 is 14.9 Å². The van der Waals surface area contributed by atoms with Gasteiger partial charge in [-0.2, -0.15) is 0 Å². The minimum atomic E-state index is -3.94. The molecule has 0 saturated heterocycles. The number of hydrogen-bond acceptors (Lipinski definition) is 6. The van der Waals surface area contributed by atoms with Crippen LogP contribution in [-0.4, -0.2) is 18.3 Å². The lowest BCUT2D eigenvalue weighted by Gasteiger charge is -2.10. The van der Waals surface area contributed by atoms with Crippen molar-refractivity contribution in [2.24, 2.45) is 0 Å². The zero-order valence-corrected chi connectivity index (χ0v) is 15.6. The van der Waals surface area contributed by atoms with E-state index in [0.29, 0.717) is 11.3 Å². The van der Waals surface area contributed by atoms with E-state index in [1.807, 2.05) is 12.3 Å². The number of non-ortho nitro benzene ring substituents is 1. The van der Waals surface area contributed by atoms with Crippen molar-refractivity contribution in [2.75, 3.05) is 4.72 Å². The van der Waals surface area contributed by atoms with Crippen LogP contribution in [-0.2, 0) is 10.0 Å². The average molecular weight is 389 g/mol. The van der Waals surface area contributed by atoms with Gasteiger partial charge in [0, 0.05) is 28.8 Å². The van der Waals surface area contributed by atoms with Crippen molar-refractivity contribution in [2.45, 2.75) is 18.7 Å². The Balaban J connectivity index is 1.88. The molecule has 7 nitrogen and oxygen atoms in total. The summed E-state index contributed by atoms with van der Waals surface area (Å²) in [5.41, 5.74) is 2.23. The molecule has 0 unspecified atom stereocenters. The van der Waals surface area contributed by atoms with Crippen molar-refractivity contribution in [3.05, 3.63) is 68.5 Å². The predicted octanol–water partition coefficient (Wildman–Crippen LogP) is 4.14. The summed E-state index contributed by atoms with van der Waals surface area (Å²) in [4.78, 5) is 14.6. The van der Waals surface area contributed by atoms with Gasteiger partial charge in [-0.3, -0.25) is 14.8 Å². The third-order valence-electron chi connectivity index (χ3n) is 3.72. The highest BCUT2D eigenvalue weighted by molar-refractivity contribution is 7.92. The molecule has 3 aromatic rings. The maximum Gasteiger partial charge on any atom is 0.270 e. The number of nitrogens with zero attached hydrogens (tertiary/aromatic N) is 2. The maximum atomic E-state index is 12.6. The highest BCUT2D eigenvalue weighted by Crippen LogP contribution is 2.26. The van der Waals surface area contributed by atoms with E-state index in [1.54, 1.807) is 31.2 Å². The Morgan fingerprint density at radius 3 is 2.38 bits per heavy atom. The minimum absolute atomic E-state index is 0.120. The van der Waals surface area contributed by atoms with Crippen LogP contribution < -0.4 is 4.72 Å². The fourth-order valence-electron chi connectivity index (χ4n) is 2.41. The molecule has 0 aliphatic rings. The Morgan fingerprint density at radius 1 is 1.12 bits per heavy atom. The van der Waals surface area contributed by atoms with Gasteiger partial charge in [0.1, 0.15) is 0 Å². The van der Waals surface area contributed by atoms with Crippen LogP contribution in [0.4, 0.5) is 11.4 Å². The smallest absolute Gasteiger partial charge is 0.270 e. The predicted molar refractivity (Wildman–Crippen MR) is 101 cm³/mol. The first kappa shape index (κ1) is 18.0. The highest BCUT2D eigenvalue weighted by Gasteiger charge is 2.20. The first-order chi connectivity index (χ1) is 12.3. The number of nitrogens with one attached hydrogen (secondary N) is 1. The quantitative estimate of drug-likeness (QED) is 0.522. The first-order valence-corrected chi connectivity index (χ1v) is 9.93. The number of aromatic nitrogens is 1. The number of thiazole rings is 1. The SMILES string of the molecule is Cc1nc(-c2ccc(NS(=O)(=O)c3cc([N+](=O)[O-])ccc3C)cc2)cs1. The summed E-state index contributed by atoms with van der Waals surface area (Å²) in [7, 11) is -3.94.